The van der Waals surface area contributed by atoms with E-state index in [-0.39, 0.29) is 23.7 Å². The van der Waals surface area contributed by atoms with Gasteiger partial charge in [0.2, 0.25) is 5.91 Å². The number of carboxylic acids is 1. The van der Waals surface area contributed by atoms with Crippen molar-refractivity contribution < 1.29 is 23.8 Å². The Morgan fingerprint density at radius 3 is 2.86 bits per heavy atom. The van der Waals surface area contributed by atoms with Crippen LogP contribution >= 0.6 is 11.3 Å². The Kier molecular flexibility index (Phi) is 6.51. The molecular weight excluding hydrogens is 483 g/mol. The Labute approximate surface area is 210 Å². The molecule has 36 heavy (non-hydrogen) atoms. The molecule has 1 aliphatic heterocycles. The lowest BCUT2D eigenvalue weighted by atomic mass is 9.93. The van der Waals surface area contributed by atoms with Gasteiger partial charge in [-0.25, -0.2) is 14.2 Å². The number of carbonyl (C=O) groups excluding carboxylic acids is 1. The first-order valence-electron chi connectivity index (χ1n) is 11.4. The van der Waals surface area contributed by atoms with E-state index in [1.54, 1.807) is 35.6 Å². The van der Waals surface area contributed by atoms with Crippen molar-refractivity contribution in [2.45, 2.75) is 19.3 Å². The highest BCUT2D eigenvalue weighted by Gasteiger charge is 2.25. The van der Waals surface area contributed by atoms with Gasteiger partial charge >= 0.3 is 5.97 Å². The first-order chi connectivity index (χ1) is 17.5. The summed E-state index contributed by atoms with van der Waals surface area (Å²) in [6.07, 6.45) is 8.33. The average Bonchev–Trinajstić information content (AvgIpc) is 3.58. The van der Waals surface area contributed by atoms with Crippen LogP contribution in [-0.4, -0.2) is 57.0 Å². The van der Waals surface area contributed by atoms with Crippen LogP contribution in [0.5, 0.6) is 5.75 Å². The maximum Gasteiger partial charge on any atom is 0.352 e. The first-order valence-corrected chi connectivity index (χ1v) is 12.3. The monoisotopic (exact) mass is 506 g/mol. The highest BCUT2D eigenvalue weighted by Crippen LogP contribution is 2.39. The topological polar surface area (TPSA) is 108 Å². The number of amides is 1. The van der Waals surface area contributed by atoms with Crippen molar-refractivity contribution in [1.29, 1.82) is 0 Å². The third-order valence-corrected chi connectivity index (χ3v) is 7.10. The van der Waals surface area contributed by atoms with Crippen LogP contribution in [0.4, 0.5) is 4.39 Å². The molecule has 8 nitrogen and oxygen atoms in total. The lowest BCUT2D eigenvalue weighted by Gasteiger charge is -2.28. The van der Waals surface area contributed by atoms with Gasteiger partial charge in [-0.2, -0.15) is 0 Å². The molecule has 0 aliphatic carbocycles. The van der Waals surface area contributed by atoms with Crippen molar-refractivity contribution in [2.24, 2.45) is 0 Å². The molecular formula is C26H23FN4O4S. The molecule has 184 valence electrons. The number of aromatic nitrogens is 3. The van der Waals surface area contributed by atoms with E-state index in [2.05, 4.69) is 15.0 Å². The molecule has 1 aromatic carbocycles. The van der Waals surface area contributed by atoms with Crippen molar-refractivity contribution in [3.63, 3.8) is 0 Å². The highest BCUT2D eigenvalue weighted by atomic mass is 32.1. The van der Waals surface area contributed by atoms with E-state index in [9.17, 15) is 14.7 Å². The van der Waals surface area contributed by atoms with Gasteiger partial charge in [-0.05, 0) is 35.8 Å². The first kappa shape index (κ1) is 23.7. The molecule has 4 aromatic rings. The predicted molar refractivity (Wildman–Crippen MR) is 135 cm³/mol. The second kappa shape index (κ2) is 9.90. The Balaban J connectivity index is 1.54. The molecule has 0 spiro atoms. The molecule has 0 saturated heterocycles. The molecule has 2 N–H and O–H groups in total. The molecule has 1 amide bonds. The largest absolute Gasteiger partial charge is 0.496 e. The summed E-state index contributed by atoms with van der Waals surface area (Å²) in [5, 5.41) is 12.7. The summed E-state index contributed by atoms with van der Waals surface area (Å²) in [6, 6.07) is 4.79. The number of halogens is 1. The summed E-state index contributed by atoms with van der Waals surface area (Å²) >= 11 is 1.52. The Bertz CT molecular complexity index is 1480. The minimum Gasteiger partial charge on any atom is -0.496 e. The number of methoxy groups -OCH3 is 1. The molecule has 0 fully saturated rings. The molecule has 0 atom stereocenters. The number of carboxylic acid groups (broad SMARTS) is 1. The van der Waals surface area contributed by atoms with E-state index in [1.165, 1.54) is 24.5 Å². The zero-order chi connectivity index (χ0) is 25.2. The SMILES string of the molecule is COc1ccncc1-c1cc(C2=CCCN(C(=O)CCc3nccs3)C2)c(F)c2[nH]c(C(=O)O)cc12. The zero-order valence-corrected chi connectivity index (χ0v) is 20.3. The minimum absolute atomic E-state index is 0.0144. The molecule has 5 rings (SSSR count). The number of aromatic amines is 1. The summed E-state index contributed by atoms with van der Waals surface area (Å²) < 4.78 is 21.3. The second-order valence-electron chi connectivity index (χ2n) is 8.40. The summed E-state index contributed by atoms with van der Waals surface area (Å²) in [5.74, 6) is -1.24. The van der Waals surface area contributed by atoms with Gasteiger partial charge in [-0.1, -0.05) is 6.08 Å². The quantitative estimate of drug-likeness (QED) is 0.373. The zero-order valence-electron chi connectivity index (χ0n) is 19.5. The molecule has 4 heterocycles. The maximum atomic E-state index is 15.8. The number of rotatable bonds is 7. The van der Waals surface area contributed by atoms with Crippen LogP contribution in [0.1, 0.15) is 33.9 Å². The fraction of sp³-hybridized carbons (Fsp3) is 0.231. The van der Waals surface area contributed by atoms with Crippen LogP contribution < -0.4 is 4.74 Å². The molecule has 3 aromatic heterocycles. The number of hydrogen-bond donors (Lipinski definition) is 2. The third-order valence-electron chi connectivity index (χ3n) is 6.26. The van der Waals surface area contributed by atoms with Gasteiger partial charge in [0.15, 0.2) is 5.82 Å². The number of aromatic carboxylic acids is 1. The number of nitrogens with one attached hydrogen (secondary N) is 1. The van der Waals surface area contributed by atoms with Gasteiger partial charge in [-0.15, -0.1) is 11.3 Å². The number of carbonyl (C=O) groups is 2. The Hall–Kier alpha value is -4.05. The van der Waals surface area contributed by atoms with Gasteiger partial charge in [0.25, 0.3) is 0 Å². The average molecular weight is 507 g/mol. The molecule has 0 unspecified atom stereocenters. The molecule has 0 saturated carbocycles. The molecule has 1 aliphatic rings. The van der Waals surface area contributed by atoms with Gasteiger partial charge in [0.1, 0.15) is 11.4 Å². The van der Waals surface area contributed by atoms with E-state index < -0.39 is 11.8 Å². The number of benzene rings is 1. The van der Waals surface area contributed by atoms with E-state index in [4.69, 9.17) is 4.74 Å². The van der Waals surface area contributed by atoms with Crippen molar-refractivity contribution >= 4 is 39.7 Å². The predicted octanol–water partition coefficient (Wildman–Crippen LogP) is 4.78. The van der Waals surface area contributed by atoms with Gasteiger partial charge in [-0.3, -0.25) is 9.78 Å². The second-order valence-corrected chi connectivity index (χ2v) is 9.38. The minimum atomic E-state index is -1.19. The fourth-order valence-corrected chi connectivity index (χ4v) is 5.11. The van der Waals surface area contributed by atoms with Crippen LogP contribution in [0.15, 0.2) is 48.2 Å². The van der Waals surface area contributed by atoms with Gasteiger partial charge in [0.05, 0.1) is 17.6 Å². The van der Waals surface area contributed by atoms with Gasteiger partial charge in [0, 0.05) is 66.4 Å². The van der Waals surface area contributed by atoms with E-state index in [1.807, 2.05) is 11.5 Å². The van der Waals surface area contributed by atoms with Crippen molar-refractivity contribution in [2.75, 3.05) is 20.2 Å². The number of hydrogen-bond acceptors (Lipinski definition) is 6. The number of H-pyrrole nitrogens is 1. The summed E-state index contributed by atoms with van der Waals surface area (Å²) in [6.45, 7) is 0.814. The Morgan fingerprint density at radius 2 is 2.11 bits per heavy atom. The fourth-order valence-electron chi connectivity index (χ4n) is 4.49. The Morgan fingerprint density at radius 1 is 1.25 bits per heavy atom. The standard InChI is InChI=1S/C26H23FN4O4S/c1-35-21-6-7-28-13-19(21)17-11-16(24(27)25-18(17)12-20(30-25)26(33)34)15-3-2-9-31(14-15)23(32)5-4-22-29-8-10-36-22/h3,6-8,10-13,30H,2,4-5,9,14H2,1H3,(H,33,34). The van der Waals surface area contributed by atoms with Crippen molar-refractivity contribution in [1.82, 2.24) is 19.9 Å². The van der Waals surface area contributed by atoms with Crippen LogP contribution in [0.3, 0.4) is 0 Å². The maximum absolute atomic E-state index is 15.8. The van der Waals surface area contributed by atoms with E-state index >= 15 is 4.39 Å². The summed E-state index contributed by atoms with van der Waals surface area (Å²) in [7, 11) is 1.53. The lowest BCUT2D eigenvalue weighted by Crippen LogP contribution is -2.35. The number of thiazole rings is 1. The number of nitrogens with zero attached hydrogens (tertiary/aromatic N) is 3. The third kappa shape index (κ3) is 4.47. The number of pyridine rings is 1. The van der Waals surface area contributed by atoms with E-state index in [0.29, 0.717) is 59.2 Å². The van der Waals surface area contributed by atoms with Crippen LogP contribution in [0.2, 0.25) is 0 Å². The van der Waals surface area contributed by atoms with Gasteiger partial charge < -0.3 is 19.7 Å². The number of ether oxygens (including phenoxy) is 1. The van der Waals surface area contributed by atoms with Crippen LogP contribution in [-0.2, 0) is 11.2 Å². The normalized spacial score (nSPS) is 13.6. The van der Waals surface area contributed by atoms with Crippen LogP contribution in [0, 0.1) is 5.82 Å². The summed E-state index contributed by atoms with van der Waals surface area (Å²) in [5.41, 5.74) is 2.12. The summed E-state index contributed by atoms with van der Waals surface area (Å²) in [4.78, 5) is 37.4. The smallest absolute Gasteiger partial charge is 0.352 e. The molecule has 10 heteroatoms. The van der Waals surface area contributed by atoms with Crippen LogP contribution in [0.25, 0.3) is 27.6 Å². The number of fused-ring (bicyclic) bond motifs is 1. The molecule has 0 radical (unpaired) electrons. The van der Waals surface area contributed by atoms with E-state index in [0.717, 1.165) is 5.01 Å². The highest BCUT2D eigenvalue weighted by molar-refractivity contribution is 7.09. The lowest BCUT2D eigenvalue weighted by molar-refractivity contribution is -0.130. The molecule has 0 bridgehead atoms. The van der Waals surface area contributed by atoms with Crippen molar-refractivity contribution in [3.8, 4) is 16.9 Å². The van der Waals surface area contributed by atoms with Crippen molar-refractivity contribution in [3.05, 3.63) is 70.3 Å². The number of aryl methyl sites for hydroxylation is 1.